The predicted molar refractivity (Wildman–Crippen MR) is 340 cm³/mol. The molecule has 14 aromatic rings. The first-order chi connectivity index (χ1) is 41.6. The van der Waals surface area contributed by atoms with Crippen molar-refractivity contribution in [2.75, 3.05) is 0 Å². The third kappa shape index (κ3) is 6.42. The SMILES string of the molecule is c1ccc(-c2ccc(-c3nc4cc(-c5ccc6c(c5)C5(c7ccccc7-c7ccccc75)c5ccccc5-6)c(-c5ccc6c(c5)C5(c7ccccc7-c7ccccc75)c5ccccc5-6)cc4nc3-c3ccc(-c4ccccn4)cc3)cc2)nc1. The van der Waals surface area contributed by atoms with E-state index >= 15 is 0 Å². The third-order valence-electron chi connectivity index (χ3n) is 18.7. The van der Waals surface area contributed by atoms with Crippen LogP contribution in [0.2, 0.25) is 0 Å². The van der Waals surface area contributed by atoms with Crippen LogP contribution in [-0.4, -0.2) is 19.9 Å². The maximum absolute atomic E-state index is 5.76. The van der Waals surface area contributed by atoms with Gasteiger partial charge in [0.15, 0.2) is 0 Å². The van der Waals surface area contributed by atoms with E-state index < -0.39 is 10.8 Å². The minimum Gasteiger partial charge on any atom is -0.256 e. The first kappa shape index (κ1) is 46.8. The Labute approximate surface area is 486 Å². The van der Waals surface area contributed by atoms with Crippen LogP contribution in [0.4, 0.5) is 0 Å². The Hall–Kier alpha value is -10.9. The van der Waals surface area contributed by atoms with E-state index in [1.165, 1.54) is 89.0 Å². The number of fused-ring (bicyclic) bond motifs is 21. The van der Waals surface area contributed by atoms with Crippen LogP contribution in [0.1, 0.15) is 44.5 Å². The summed E-state index contributed by atoms with van der Waals surface area (Å²) in [6, 6.07) is 103. The minimum atomic E-state index is -0.517. The van der Waals surface area contributed by atoms with Crippen LogP contribution in [0, 0.1) is 0 Å². The zero-order valence-corrected chi connectivity index (χ0v) is 45.5. The highest BCUT2D eigenvalue weighted by Gasteiger charge is 2.53. The van der Waals surface area contributed by atoms with Gasteiger partial charge in [-0.15, -0.1) is 0 Å². The molecule has 0 amide bonds. The van der Waals surface area contributed by atoms with Crippen molar-refractivity contribution in [1.82, 2.24) is 19.9 Å². The van der Waals surface area contributed by atoms with Gasteiger partial charge in [0.25, 0.3) is 0 Å². The summed E-state index contributed by atoms with van der Waals surface area (Å²) in [6.45, 7) is 0. The van der Waals surface area contributed by atoms with Gasteiger partial charge >= 0.3 is 0 Å². The summed E-state index contributed by atoms with van der Waals surface area (Å²) in [5.41, 5.74) is 33.1. The fraction of sp³-hybridized carbons (Fsp3) is 0.0250. The Morgan fingerprint density at radius 3 is 0.786 bits per heavy atom. The topological polar surface area (TPSA) is 51.6 Å². The summed E-state index contributed by atoms with van der Waals surface area (Å²) in [5, 5.41) is 0. The molecule has 3 heterocycles. The summed E-state index contributed by atoms with van der Waals surface area (Å²) in [5.74, 6) is 0. The molecule has 3 aromatic heterocycles. The minimum absolute atomic E-state index is 0.517. The Balaban J connectivity index is 0.906. The molecule has 2 spiro atoms. The number of pyridine rings is 2. The van der Waals surface area contributed by atoms with Gasteiger partial charge in [-0.1, -0.05) is 231 Å². The van der Waals surface area contributed by atoms with Crippen LogP contribution in [0.5, 0.6) is 0 Å². The second-order valence-electron chi connectivity index (χ2n) is 22.7. The molecule has 11 aromatic carbocycles. The van der Waals surface area contributed by atoms with E-state index in [0.29, 0.717) is 0 Å². The fourth-order valence-corrected chi connectivity index (χ4v) is 15.2. The summed E-state index contributed by atoms with van der Waals surface area (Å²) < 4.78 is 0. The van der Waals surface area contributed by atoms with Crippen LogP contribution >= 0.6 is 0 Å². The van der Waals surface area contributed by atoms with E-state index in [0.717, 1.165) is 78.3 Å². The van der Waals surface area contributed by atoms with Gasteiger partial charge in [0.1, 0.15) is 0 Å². The molecule has 4 nitrogen and oxygen atoms in total. The lowest BCUT2D eigenvalue weighted by Gasteiger charge is -2.31. The van der Waals surface area contributed by atoms with Gasteiger partial charge in [-0.25, -0.2) is 9.97 Å². The zero-order chi connectivity index (χ0) is 55.1. The standard InChI is InChI=1S/C80H48N4/c1-7-23-65-55(17-1)56-18-2-8-24-66(56)79(65)69-27-11-5-21-59(69)61-41-39-53(45-71(61)79)63-47-75-76(84-78(52-37-33-50(34-38-52)74-30-14-16-44-82-74)77(83-75)51-35-31-49(32-36-51)73-29-13-15-43-81-73)48-64(63)54-40-42-62-60-22-6-12-28-70(60)80(72(62)46-54)67-25-9-3-19-57(67)58-20-4-10-26-68(58)80/h1-48H. The molecule has 0 saturated carbocycles. The highest BCUT2D eigenvalue weighted by atomic mass is 14.8. The summed E-state index contributed by atoms with van der Waals surface area (Å²) in [7, 11) is 0. The van der Waals surface area contributed by atoms with Gasteiger partial charge in [-0.05, 0) is 160 Å². The number of benzene rings is 11. The predicted octanol–water partition coefficient (Wildman–Crippen LogP) is 19.1. The van der Waals surface area contributed by atoms with Crippen molar-refractivity contribution in [2.45, 2.75) is 10.8 Å². The van der Waals surface area contributed by atoms with Crippen molar-refractivity contribution in [1.29, 1.82) is 0 Å². The van der Waals surface area contributed by atoms with Crippen LogP contribution < -0.4 is 0 Å². The molecule has 0 N–H and O–H groups in total. The molecule has 388 valence electrons. The summed E-state index contributed by atoms with van der Waals surface area (Å²) in [6.07, 6.45) is 3.68. The van der Waals surface area contributed by atoms with Crippen molar-refractivity contribution in [3.63, 3.8) is 0 Å². The maximum atomic E-state index is 5.76. The Bertz CT molecular complexity index is 4620. The average molecular weight is 1070 g/mol. The van der Waals surface area contributed by atoms with Gasteiger partial charge in [0, 0.05) is 34.6 Å². The van der Waals surface area contributed by atoms with Gasteiger partial charge in [-0.3, -0.25) is 9.97 Å². The van der Waals surface area contributed by atoms with E-state index in [4.69, 9.17) is 9.97 Å². The Morgan fingerprint density at radius 2 is 0.476 bits per heavy atom. The molecule has 0 atom stereocenters. The third-order valence-corrected chi connectivity index (χ3v) is 18.7. The monoisotopic (exact) mass is 1060 g/mol. The Morgan fingerprint density at radius 1 is 0.202 bits per heavy atom. The van der Waals surface area contributed by atoms with Crippen molar-refractivity contribution in [3.05, 3.63) is 336 Å². The van der Waals surface area contributed by atoms with E-state index in [1.54, 1.807) is 0 Å². The van der Waals surface area contributed by atoms with Crippen molar-refractivity contribution >= 4 is 11.0 Å². The summed E-state index contributed by atoms with van der Waals surface area (Å²) >= 11 is 0. The van der Waals surface area contributed by atoms with Crippen molar-refractivity contribution in [2.24, 2.45) is 0 Å². The lowest BCUT2D eigenvalue weighted by atomic mass is 9.70. The number of nitrogens with zero attached hydrogens (tertiary/aromatic N) is 4. The molecule has 4 heteroatoms. The first-order valence-electron chi connectivity index (χ1n) is 28.9. The number of rotatable bonds is 6. The first-order valence-corrected chi connectivity index (χ1v) is 28.9. The van der Waals surface area contributed by atoms with Gasteiger partial charge < -0.3 is 0 Å². The molecule has 18 rings (SSSR count). The molecule has 0 radical (unpaired) electrons. The van der Waals surface area contributed by atoms with E-state index in [2.05, 4.69) is 253 Å². The average Bonchev–Trinajstić information content (AvgIpc) is 3.97. The summed E-state index contributed by atoms with van der Waals surface area (Å²) in [4.78, 5) is 20.9. The fourth-order valence-electron chi connectivity index (χ4n) is 15.2. The molecule has 0 bridgehead atoms. The lowest BCUT2D eigenvalue weighted by Crippen LogP contribution is -2.25. The highest BCUT2D eigenvalue weighted by Crippen LogP contribution is 2.65. The maximum Gasteiger partial charge on any atom is 0.0973 e. The molecule has 4 aliphatic carbocycles. The van der Waals surface area contributed by atoms with E-state index in [9.17, 15) is 0 Å². The largest absolute Gasteiger partial charge is 0.256 e. The number of hydrogen-bond donors (Lipinski definition) is 0. The van der Waals surface area contributed by atoms with Gasteiger partial charge in [-0.2, -0.15) is 0 Å². The lowest BCUT2D eigenvalue weighted by molar-refractivity contribution is 0.794. The normalized spacial score (nSPS) is 13.7. The molecule has 0 unspecified atom stereocenters. The van der Waals surface area contributed by atoms with Gasteiger partial charge in [0.2, 0.25) is 0 Å². The highest BCUT2D eigenvalue weighted by molar-refractivity contribution is 6.02. The molecular formula is C80H48N4. The van der Waals surface area contributed by atoms with Crippen LogP contribution in [0.25, 0.3) is 123 Å². The second-order valence-corrected chi connectivity index (χ2v) is 22.7. The molecule has 0 saturated heterocycles. The van der Waals surface area contributed by atoms with E-state index in [-0.39, 0.29) is 0 Å². The van der Waals surface area contributed by atoms with Crippen molar-refractivity contribution in [3.8, 4) is 112 Å². The van der Waals surface area contributed by atoms with Gasteiger partial charge in [0.05, 0.1) is 44.6 Å². The van der Waals surface area contributed by atoms with Crippen LogP contribution in [0.3, 0.4) is 0 Å². The molecular weight excluding hydrogens is 1020 g/mol. The smallest absolute Gasteiger partial charge is 0.0973 e. The van der Waals surface area contributed by atoms with Crippen LogP contribution in [0.15, 0.2) is 291 Å². The molecule has 84 heavy (non-hydrogen) atoms. The number of hydrogen-bond acceptors (Lipinski definition) is 4. The number of aromatic nitrogens is 4. The molecule has 4 aliphatic rings. The second kappa shape index (κ2) is 17.8. The van der Waals surface area contributed by atoms with Crippen LogP contribution in [-0.2, 0) is 10.8 Å². The van der Waals surface area contributed by atoms with Crippen molar-refractivity contribution < 1.29 is 0 Å². The molecule has 0 aliphatic heterocycles. The molecule has 0 fully saturated rings. The Kier molecular flexibility index (Phi) is 9.90. The zero-order valence-electron chi connectivity index (χ0n) is 45.5. The van der Waals surface area contributed by atoms with E-state index in [1.807, 2.05) is 48.8 Å². The quantitative estimate of drug-likeness (QED) is 0.167.